The fourth-order valence-electron chi connectivity index (χ4n) is 3.32. The summed E-state index contributed by atoms with van der Waals surface area (Å²) in [4.78, 5) is 24.2. The summed E-state index contributed by atoms with van der Waals surface area (Å²) in [6.45, 7) is 6.10. The molecule has 2 aliphatic rings. The zero-order valence-electron chi connectivity index (χ0n) is 14.0. The van der Waals surface area contributed by atoms with E-state index in [-0.39, 0.29) is 11.8 Å². The minimum absolute atomic E-state index is 0.0237. The first kappa shape index (κ1) is 15.1. The zero-order chi connectivity index (χ0) is 16.7. The number of fused-ring (bicyclic) bond motifs is 1. The van der Waals surface area contributed by atoms with Crippen LogP contribution in [0.3, 0.4) is 0 Å². The van der Waals surface area contributed by atoms with Gasteiger partial charge < -0.3 is 14.8 Å². The fraction of sp³-hybridized carbons (Fsp3) is 0.471. The van der Waals surface area contributed by atoms with Crippen LogP contribution in [0.2, 0.25) is 0 Å². The normalized spacial score (nSPS) is 22.6. The number of anilines is 1. The molecule has 1 unspecified atom stereocenters. The van der Waals surface area contributed by atoms with E-state index in [9.17, 15) is 4.79 Å². The second-order valence-electron chi connectivity index (χ2n) is 6.72. The summed E-state index contributed by atoms with van der Waals surface area (Å²) in [6.07, 6.45) is 0.476. The van der Waals surface area contributed by atoms with Gasteiger partial charge in [0.2, 0.25) is 11.9 Å². The number of nitrogens with zero attached hydrogens (tertiary/aromatic N) is 4. The first-order valence-corrected chi connectivity index (χ1v) is 8.40. The molecule has 1 atom stereocenters. The zero-order valence-corrected chi connectivity index (χ0v) is 14.0. The lowest BCUT2D eigenvalue weighted by atomic mass is 9.94. The SMILES string of the molecule is CC1CC(=O)NN=C1c1ccc2[nH]c(N3CCN(C)CC3)nc2c1. The van der Waals surface area contributed by atoms with Crippen LogP contribution in [-0.2, 0) is 4.79 Å². The van der Waals surface area contributed by atoms with Crippen molar-refractivity contribution >= 4 is 28.6 Å². The maximum absolute atomic E-state index is 11.4. The van der Waals surface area contributed by atoms with E-state index in [1.54, 1.807) is 0 Å². The summed E-state index contributed by atoms with van der Waals surface area (Å²) in [6, 6.07) is 6.14. The van der Waals surface area contributed by atoms with Gasteiger partial charge in [-0.05, 0) is 19.2 Å². The minimum atomic E-state index is -0.0237. The van der Waals surface area contributed by atoms with Gasteiger partial charge >= 0.3 is 0 Å². The summed E-state index contributed by atoms with van der Waals surface area (Å²) in [5, 5.41) is 4.24. The molecule has 0 spiro atoms. The Labute approximate surface area is 140 Å². The van der Waals surface area contributed by atoms with E-state index in [0.717, 1.165) is 54.4 Å². The van der Waals surface area contributed by atoms with Gasteiger partial charge in [0.25, 0.3) is 0 Å². The molecule has 1 saturated heterocycles. The van der Waals surface area contributed by atoms with Crippen molar-refractivity contribution < 1.29 is 4.79 Å². The highest BCUT2D eigenvalue weighted by atomic mass is 16.2. The molecule has 3 heterocycles. The Hall–Kier alpha value is -2.41. The molecule has 24 heavy (non-hydrogen) atoms. The van der Waals surface area contributed by atoms with Crippen LogP contribution in [0.1, 0.15) is 18.9 Å². The van der Waals surface area contributed by atoms with E-state index < -0.39 is 0 Å². The Morgan fingerprint density at radius 3 is 2.75 bits per heavy atom. The second-order valence-corrected chi connectivity index (χ2v) is 6.72. The maximum atomic E-state index is 11.4. The van der Waals surface area contributed by atoms with Crippen molar-refractivity contribution in [3.8, 4) is 0 Å². The highest BCUT2D eigenvalue weighted by molar-refractivity contribution is 6.07. The number of hydrogen-bond donors (Lipinski definition) is 2. The number of aromatic amines is 1. The van der Waals surface area contributed by atoms with E-state index in [4.69, 9.17) is 4.98 Å². The van der Waals surface area contributed by atoms with Crippen molar-refractivity contribution in [3.05, 3.63) is 23.8 Å². The number of piperazine rings is 1. The number of likely N-dealkylation sites (N-methyl/N-ethyl adjacent to an activating group) is 1. The Morgan fingerprint density at radius 2 is 2.00 bits per heavy atom. The van der Waals surface area contributed by atoms with Gasteiger partial charge in [0.1, 0.15) is 0 Å². The van der Waals surface area contributed by atoms with Crippen LogP contribution in [-0.4, -0.2) is 59.7 Å². The van der Waals surface area contributed by atoms with Crippen LogP contribution >= 0.6 is 0 Å². The highest BCUT2D eigenvalue weighted by Crippen LogP contribution is 2.23. The molecule has 1 amide bonds. The maximum Gasteiger partial charge on any atom is 0.240 e. The minimum Gasteiger partial charge on any atom is -0.340 e. The molecule has 0 radical (unpaired) electrons. The first-order chi connectivity index (χ1) is 11.6. The molecule has 1 aromatic heterocycles. The Kier molecular flexibility index (Phi) is 3.72. The number of carbonyl (C=O) groups excluding carboxylic acids is 1. The summed E-state index contributed by atoms with van der Waals surface area (Å²) >= 11 is 0. The Bertz CT molecular complexity index is 803. The Morgan fingerprint density at radius 1 is 1.21 bits per heavy atom. The van der Waals surface area contributed by atoms with Gasteiger partial charge in [-0.25, -0.2) is 10.4 Å². The number of rotatable bonds is 2. The van der Waals surface area contributed by atoms with E-state index >= 15 is 0 Å². The van der Waals surface area contributed by atoms with Gasteiger partial charge in [-0.15, -0.1) is 0 Å². The van der Waals surface area contributed by atoms with E-state index in [2.05, 4.69) is 38.4 Å². The molecule has 2 aliphatic heterocycles. The summed E-state index contributed by atoms with van der Waals surface area (Å²) in [7, 11) is 2.15. The molecule has 0 aliphatic carbocycles. The average molecular weight is 326 g/mol. The quantitative estimate of drug-likeness (QED) is 0.869. The van der Waals surface area contributed by atoms with Crippen LogP contribution in [0.25, 0.3) is 11.0 Å². The first-order valence-electron chi connectivity index (χ1n) is 8.40. The molecule has 126 valence electrons. The number of amides is 1. The Balaban J connectivity index is 1.63. The largest absolute Gasteiger partial charge is 0.340 e. The van der Waals surface area contributed by atoms with Gasteiger partial charge in [-0.1, -0.05) is 13.0 Å². The summed E-state index contributed by atoms with van der Waals surface area (Å²) in [5.41, 5.74) is 6.48. The highest BCUT2D eigenvalue weighted by Gasteiger charge is 2.22. The third-order valence-electron chi connectivity index (χ3n) is 4.83. The molecule has 7 nitrogen and oxygen atoms in total. The second kappa shape index (κ2) is 5.90. The van der Waals surface area contributed by atoms with Crippen molar-refractivity contribution in [2.24, 2.45) is 11.0 Å². The van der Waals surface area contributed by atoms with Gasteiger partial charge in [-0.2, -0.15) is 5.10 Å². The van der Waals surface area contributed by atoms with Crippen LogP contribution in [0.15, 0.2) is 23.3 Å². The molecule has 7 heteroatoms. The average Bonchev–Trinajstić information content (AvgIpc) is 2.98. The van der Waals surface area contributed by atoms with Crippen molar-refractivity contribution in [1.82, 2.24) is 20.3 Å². The lowest BCUT2D eigenvalue weighted by molar-refractivity contribution is -0.121. The van der Waals surface area contributed by atoms with Crippen LogP contribution in [0, 0.1) is 5.92 Å². The lowest BCUT2D eigenvalue weighted by Gasteiger charge is -2.32. The fourth-order valence-corrected chi connectivity index (χ4v) is 3.32. The predicted molar refractivity (Wildman–Crippen MR) is 94.3 cm³/mol. The monoisotopic (exact) mass is 326 g/mol. The summed E-state index contributed by atoms with van der Waals surface area (Å²) in [5.74, 6) is 1.03. The van der Waals surface area contributed by atoms with Gasteiger partial charge in [0.15, 0.2) is 0 Å². The van der Waals surface area contributed by atoms with Gasteiger partial charge in [0, 0.05) is 44.1 Å². The number of imidazole rings is 1. The number of benzene rings is 1. The number of H-pyrrole nitrogens is 1. The number of hydrazone groups is 1. The number of nitrogens with one attached hydrogen (secondary N) is 2. The molecular weight excluding hydrogens is 304 g/mol. The standard InChI is InChI=1S/C17H22N6O/c1-11-9-15(24)20-21-16(11)12-3-4-13-14(10-12)19-17(18-13)23-7-5-22(2)6-8-23/h3-4,10-11H,5-9H2,1-2H3,(H,18,19)(H,20,24). The van der Waals surface area contributed by atoms with Crippen molar-refractivity contribution in [2.75, 3.05) is 38.1 Å². The van der Waals surface area contributed by atoms with E-state index in [0.29, 0.717) is 6.42 Å². The van der Waals surface area contributed by atoms with Crippen LogP contribution in [0.5, 0.6) is 0 Å². The lowest BCUT2D eigenvalue weighted by Crippen LogP contribution is -2.44. The number of hydrogen-bond acceptors (Lipinski definition) is 5. The third kappa shape index (κ3) is 2.75. The van der Waals surface area contributed by atoms with Crippen LogP contribution in [0.4, 0.5) is 5.95 Å². The molecule has 1 aromatic carbocycles. The molecule has 0 saturated carbocycles. The van der Waals surface area contributed by atoms with Crippen molar-refractivity contribution in [3.63, 3.8) is 0 Å². The smallest absolute Gasteiger partial charge is 0.240 e. The molecule has 1 fully saturated rings. The van der Waals surface area contributed by atoms with Crippen molar-refractivity contribution in [2.45, 2.75) is 13.3 Å². The number of carbonyl (C=O) groups is 1. The molecule has 0 bridgehead atoms. The topological polar surface area (TPSA) is 76.6 Å². The van der Waals surface area contributed by atoms with E-state index in [1.807, 2.05) is 19.1 Å². The van der Waals surface area contributed by atoms with Crippen LogP contribution < -0.4 is 10.3 Å². The molecule has 4 rings (SSSR count). The third-order valence-corrected chi connectivity index (χ3v) is 4.83. The number of aromatic nitrogens is 2. The molecule has 2 N–H and O–H groups in total. The van der Waals surface area contributed by atoms with E-state index in [1.165, 1.54) is 0 Å². The molecular formula is C17H22N6O. The van der Waals surface area contributed by atoms with Crippen molar-refractivity contribution in [1.29, 1.82) is 0 Å². The van der Waals surface area contributed by atoms with Gasteiger partial charge in [0.05, 0.1) is 16.7 Å². The predicted octanol–water partition coefficient (Wildman–Crippen LogP) is 1.17. The van der Waals surface area contributed by atoms with Gasteiger partial charge in [-0.3, -0.25) is 4.79 Å². The molecule has 2 aromatic rings. The summed E-state index contributed by atoms with van der Waals surface area (Å²) < 4.78 is 0.